The maximum atomic E-state index is 5.65. The Kier molecular flexibility index (Phi) is 1.37. The fraction of sp³-hybridized carbons (Fsp3) is 1.00. The quantitative estimate of drug-likeness (QED) is 0.562. The zero-order valence-electron chi connectivity index (χ0n) is 7.68. The Bertz CT molecular complexity index is 170. The number of likely N-dealkylation sites (tertiary alicyclic amines) is 1. The molecule has 2 aliphatic heterocycles. The molecule has 2 heterocycles. The molecule has 0 bridgehead atoms. The second-order valence-corrected chi connectivity index (χ2v) is 4.33. The molecular formula is C9H17NO. The molecule has 64 valence electrons. The molecule has 2 rings (SSSR count). The van der Waals surface area contributed by atoms with Crippen LogP contribution in [0.25, 0.3) is 0 Å². The summed E-state index contributed by atoms with van der Waals surface area (Å²) in [5, 5.41) is 0. The van der Waals surface area contributed by atoms with E-state index in [-0.39, 0.29) is 5.60 Å². The molecule has 0 N–H and O–H groups in total. The minimum absolute atomic E-state index is 0.194. The summed E-state index contributed by atoms with van der Waals surface area (Å²) in [6.45, 7) is 7.93. The van der Waals surface area contributed by atoms with Crippen LogP contribution in [0.15, 0.2) is 0 Å². The minimum Gasteiger partial charge on any atom is -0.374 e. The van der Waals surface area contributed by atoms with Crippen LogP contribution < -0.4 is 0 Å². The SMILES string of the molecule is CCC1(C)OCC12CN(C)C2. The highest BCUT2D eigenvalue weighted by Gasteiger charge is 2.61. The second kappa shape index (κ2) is 1.99. The summed E-state index contributed by atoms with van der Waals surface area (Å²) in [4.78, 5) is 2.37. The first-order valence-corrected chi connectivity index (χ1v) is 4.44. The van der Waals surface area contributed by atoms with Crippen LogP contribution in [0.2, 0.25) is 0 Å². The van der Waals surface area contributed by atoms with Gasteiger partial charge in [-0.25, -0.2) is 0 Å². The molecule has 2 fully saturated rings. The molecule has 1 atom stereocenters. The Balaban J connectivity index is 2.06. The van der Waals surface area contributed by atoms with Crippen molar-refractivity contribution in [2.75, 3.05) is 26.7 Å². The highest BCUT2D eigenvalue weighted by atomic mass is 16.5. The van der Waals surface area contributed by atoms with Crippen LogP contribution >= 0.6 is 0 Å². The third kappa shape index (κ3) is 0.744. The number of hydrogen-bond acceptors (Lipinski definition) is 2. The average Bonchev–Trinajstić information content (AvgIpc) is 1.94. The summed E-state index contributed by atoms with van der Waals surface area (Å²) in [6.07, 6.45) is 1.15. The van der Waals surface area contributed by atoms with Crippen LogP contribution in [0.3, 0.4) is 0 Å². The number of hydrogen-bond donors (Lipinski definition) is 0. The minimum atomic E-state index is 0.194. The van der Waals surface area contributed by atoms with Crippen molar-refractivity contribution >= 4 is 0 Å². The van der Waals surface area contributed by atoms with Crippen molar-refractivity contribution in [3.8, 4) is 0 Å². The first-order chi connectivity index (χ1) is 5.12. The molecule has 1 spiro atoms. The Morgan fingerprint density at radius 1 is 1.45 bits per heavy atom. The van der Waals surface area contributed by atoms with Gasteiger partial charge < -0.3 is 9.64 Å². The van der Waals surface area contributed by atoms with E-state index in [0.29, 0.717) is 5.41 Å². The number of ether oxygens (including phenoxy) is 1. The van der Waals surface area contributed by atoms with Crippen molar-refractivity contribution in [3.05, 3.63) is 0 Å². The van der Waals surface area contributed by atoms with Gasteiger partial charge in [0.15, 0.2) is 0 Å². The van der Waals surface area contributed by atoms with Crippen molar-refractivity contribution in [2.45, 2.75) is 25.9 Å². The van der Waals surface area contributed by atoms with E-state index in [1.54, 1.807) is 0 Å². The van der Waals surface area contributed by atoms with Crippen molar-refractivity contribution in [1.82, 2.24) is 4.90 Å². The second-order valence-electron chi connectivity index (χ2n) is 4.33. The Morgan fingerprint density at radius 2 is 2.09 bits per heavy atom. The summed E-state index contributed by atoms with van der Waals surface area (Å²) < 4.78 is 5.65. The molecule has 0 aromatic rings. The molecule has 0 radical (unpaired) electrons. The summed E-state index contributed by atoms with van der Waals surface area (Å²) in [7, 11) is 2.18. The summed E-state index contributed by atoms with van der Waals surface area (Å²) >= 11 is 0. The van der Waals surface area contributed by atoms with E-state index in [4.69, 9.17) is 4.74 Å². The first kappa shape index (κ1) is 7.56. The van der Waals surface area contributed by atoms with Crippen LogP contribution in [0.4, 0.5) is 0 Å². The Morgan fingerprint density at radius 3 is 2.36 bits per heavy atom. The predicted molar refractivity (Wildman–Crippen MR) is 44.6 cm³/mol. The highest BCUT2D eigenvalue weighted by Crippen LogP contribution is 2.52. The fourth-order valence-corrected chi connectivity index (χ4v) is 2.41. The zero-order chi connectivity index (χ0) is 8.11. The van der Waals surface area contributed by atoms with Gasteiger partial charge >= 0.3 is 0 Å². The lowest BCUT2D eigenvalue weighted by molar-refractivity contribution is -0.303. The van der Waals surface area contributed by atoms with Gasteiger partial charge in [0.2, 0.25) is 0 Å². The van der Waals surface area contributed by atoms with Crippen molar-refractivity contribution < 1.29 is 4.74 Å². The van der Waals surface area contributed by atoms with E-state index in [1.165, 1.54) is 13.1 Å². The highest BCUT2D eigenvalue weighted by molar-refractivity contribution is 5.11. The van der Waals surface area contributed by atoms with E-state index in [9.17, 15) is 0 Å². The molecule has 0 saturated carbocycles. The van der Waals surface area contributed by atoms with Gasteiger partial charge in [-0.1, -0.05) is 6.92 Å². The molecule has 11 heavy (non-hydrogen) atoms. The van der Waals surface area contributed by atoms with Gasteiger partial charge in [0.1, 0.15) is 0 Å². The summed E-state index contributed by atoms with van der Waals surface area (Å²) in [5.41, 5.74) is 0.718. The van der Waals surface area contributed by atoms with Gasteiger partial charge in [-0.2, -0.15) is 0 Å². The topological polar surface area (TPSA) is 12.5 Å². The standard InChI is InChI=1S/C9H17NO/c1-4-8(2)9(7-11-8)5-10(3)6-9/h4-7H2,1-3H3. The Hall–Kier alpha value is -0.0800. The van der Waals surface area contributed by atoms with Crippen LogP contribution in [0.5, 0.6) is 0 Å². The molecule has 1 unspecified atom stereocenters. The number of nitrogens with zero attached hydrogens (tertiary/aromatic N) is 1. The molecule has 2 saturated heterocycles. The smallest absolute Gasteiger partial charge is 0.0754 e. The van der Waals surface area contributed by atoms with Gasteiger partial charge in [0.25, 0.3) is 0 Å². The van der Waals surface area contributed by atoms with Gasteiger partial charge in [0, 0.05) is 18.5 Å². The van der Waals surface area contributed by atoms with Gasteiger partial charge in [-0.15, -0.1) is 0 Å². The molecule has 0 aromatic heterocycles. The lowest BCUT2D eigenvalue weighted by Crippen LogP contribution is -2.75. The van der Waals surface area contributed by atoms with E-state index in [0.717, 1.165) is 13.0 Å². The summed E-state index contributed by atoms with van der Waals surface area (Å²) in [5.74, 6) is 0. The van der Waals surface area contributed by atoms with E-state index in [2.05, 4.69) is 25.8 Å². The zero-order valence-corrected chi connectivity index (χ0v) is 7.68. The van der Waals surface area contributed by atoms with Crippen LogP contribution in [-0.4, -0.2) is 37.2 Å². The number of rotatable bonds is 1. The van der Waals surface area contributed by atoms with Crippen molar-refractivity contribution in [2.24, 2.45) is 5.41 Å². The Labute approximate surface area is 68.5 Å². The lowest BCUT2D eigenvalue weighted by atomic mass is 9.62. The maximum Gasteiger partial charge on any atom is 0.0754 e. The summed E-state index contributed by atoms with van der Waals surface area (Å²) in [6, 6.07) is 0. The molecule has 0 amide bonds. The van der Waals surface area contributed by atoms with E-state index in [1.807, 2.05) is 0 Å². The normalized spacial score (nSPS) is 41.7. The van der Waals surface area contributed by atoms with Gasteiger partial charge in [0.05, 0.1) is 12.2 Å². The van der Waals surface area contributed by atoms with E-state index >= 15 is 0 Å². The van der Waals surface area contributed by atoms with Crippen LogP contribution in [0, 0.1) is 5.41 Å². The molecule has 0 aromatic carbocycles. The van der Waals surface area contributed by atoms with Crippen molar-refractivity contribution in [1.29, 1.82) is 0 Å². The maximum absolute atomic E-state index is 5.65. The predicted octanol–water partition coefficient (Wildman–Crippen LogP) is 1.12. The molecule has 2 nitrogen and oxygen atoms in total. The monoisotopic (exact) mass is 155 g/mol. The molecule has 2 heteroatoms. The average molecular weight is 155 g/mol. The lowest BCUT2D eigenvalue weighted by Gasteiger charge is -2.65. The van der Waals surface area contributed by atoms with Crippen molar-refractivity contribution in [3.63, 3.8) is 0 Å². The largest absolute Gasteiger partial charge is 0.374 e. The third-order valence-corrected chi connectivity index (χ3v) is 3.61. The first-order valence-electron chi connectivity index (χ1n) is 4.44. The molecule has 2 aliphatic rings. The van der Waals surface area contributed by atoms with Gasteiger partial charge in [-0.05, 0) is 20.4 Å². The van der Waals surface area contributed by atoms with Crippen LogP contribution in [-0.2, 0) is 4.74 Å². The van der Waals surface area contributed by atoms with Gasteiger partial charge in [-0.3, -0.25) is 0 Å². The molecular weight excluding hydrogens is 138 g/mol. The third-order valence-electron chi connectivity index (χ3n) is 3.61. The van der Waals surface area contributed by atoms with E-state index < -0.39 is 0 Å². The fourth-order valence-electron chi connectivity index (χ4n) is 2.41. The molecule has 0 aliphatic carbocycles. The van der Waals surface area contributed by atoms with Crippen LogP contribution in [0.1, 0.15) is 20.3 Å².